The average molecular weight is 254 g/mol. The van der Waals surface area contributed by atoms with Gasteiger partial charge in [-0.2, -0.15) is 8.78 Å². The fraction of sp³-hybridized carbons (Fsp3) is 0.400. The smallest absolute Gasteiger partial charge is 0.206 e. The predicted molar refractivity (Wildman–Crippen MR) is 46.1 cm³/mol. The van der Waals surface area contributed by atoms with Crippen LogP contribution in [0.15, 0.2) is 0 Å². The fourth-order valence-electron chi connectivity index (χ4n) is 1.14. The Hall–Kier alpha value is -1.37. The van der Waals surface area contributed by atoms with Crippen molar-refractivity contribution in [1.82, 2.24) is 0 Å². The first-order chi connectivity index (χ1) is 7.86. The molecule has 1 heterocycles. The molecule has 0 amide bonds. The maximum atomic E-state index is 13.1. The van der Waals surface area contributed by atoms with Crippen molar-refractivity contribution in [3.63, 3.8) is 0 Å². The van der Waals surface area contributed by atoms with Crippen molar-refractivity contribution in [2.75, 3.05) is 13.2 Å². The van der Waals surface area contributed by atoms with Gasteiger partial charge in [0.2, 0.25) is 29.1 Å². The molecule has 1 atom stereocenters. The van der Waals surface area contributed by atoms with Gasteiger partial charge in [-0.25, -0.2) is 13.2 Å². The van der Waals surface area contributed by atoms with Crippen molar-refractivity contribution in [1.29, 1.82) is 0 Å². The summed E-state index contributed by atoms with van der Waals surface area (Å²) in [4.78, 5) is 0. The largest absolute Gasteiger partial charge is 0.484 e. The lowest BCUT2D eigenvalue weighted by atomic mass is 10.2. The van der Waals surface area contributed by atoms with Gasteiger partial charge in [0.15, 0.2) is 5.75 Å². The summed E-state index contributed by atoms with van der Waals surface area (Å²) in [5, 5.41) is 0. The van der Waals surface area contributed by atoms with Crippen molar-refractivity contribution >= 4 is 0 Å². The second-order valence-corrected chi connectivity index (χ2v) is 3.93. The molecule has 1 aliphatic rings. The van der Waals surface area contributed by atoms with Crippen molar-refractivity contribution in [3.05, 3.63) is 29.1 Å². The van der Waals surface area contributed by atoms with Crippen LogP contribution in [-0.2, 0) is 4.74 Å². The van der Waals surface area contributed by atoms with E-state index in [4.69, 9.17) is 4.74 Å². The number of rotatable bonds is 3. The van der Waals surface area contributed by atoms with E-state index in [1.165, 1.54) is 0 Å². The molecule has 0 N–H and O–H groups in total. The van der Waals surface area contributed by atoms with Gasteiger partial charge in [0, 0.05) is 0 Å². The Morgan fingerprint density at radius 2 is 1.41 bits per heavy atom. The highest BCUT2D eigenvalue weighted by Crippen LogP contribution is 2.32. The lowest BCUT2D eigenvalue weighted by Crippen LogP contribution is -2.19. The van der Waals surface area contributed by atoms with Crippen molar-refractivity contribution in [3.8, 4) is 5.75 Å². The Morgan fingerprint density at radius 3 is 1.82 bits per heavy atom. The van der Waals surface area contributed by atoms with E-state index in [9.17, 15) is 22.0 Å². The normalized spacial score (nSPS) is 22.7. The number of halogens is 5. The van der Waals surface area contributed by atoms with E-state index in [2.05, 4.69) is 4.74 Å². The minimum Gasteiger partial charge on any atom is -0.484 e. The van der Waals surface area contributed by atoms with E-state index >= 15 is 0 Å². The quantitative estimate of drug-likeness (QED) is 0.358. The maximum absolute atomic E-state index is 13.1. The molecule has 0 aromatic heterocycles. The molecule has 2 nitrogen and oxygen atoms in total. The van der Waals surface area contributed by atoms with Crippen LogP contribution in [-0.4, -0.2) is 18.8 Å². The molecular formula is C10H7F5O2. The van der Waals surface area contributed by atoms with Crippen molar-refractivity contribution in [2.45, 2.75) is 12.5 Å². The molecule has 0 radical (unpaired) electrons. The van der Waals surface area contributed by atoms with Crippen LogP contribution >= 0.6 is 0 Å². The summed E-state index contributed by atoms with van der Waals surface area (Å²) < 4.78 is 73.9. The van der Waals surface area contributed by atoms with E-state index in [1.54, 1.807) is 6.92 Å². The van der Waals surface area contributed by atoms with Gasteiger partial charge in [-0.3, -0.25) is 0 Å². The zero-order valence-electron chi connectivity index (χ0n) is 8.62. The SMILES string of the molecule is CC1(COc2c(F)c(F)c(F)c(F)c2F)CO1. The monoisotopic (exact) mass is 254 g/mol. The second-order valence-electron chi connectivity index (χ2n) is 3.93. The van der Waals surface area contributed by atoms with Gasteiger partial charge in [0.25, 0.3) is 0 Å². The minimum absolute atomic E-state index is 0.286. The highest BCUT2D eigenvalue weighted by Gasteiger charge is 2.41. The van der Waals surface area contributed by atoms with Gasteiger partial charge in [-0.05, 0) is 6.92 Å². The summed E-state index contributed by atoms with van der Waals surface area (Å²) >= 11 is 0. The predicted octanol–water partition coefficient (Wildman–Crippen LogP) is 2.55. The van der Waals surface area contributed by atoms with E-state index in [1.807, 2.05) is 0 Å². The first-order valence-electron chi connectivity index (χ1n) is 4.64. The average Bonchev–Trinajstić information content (AvgIpc) is 3.02. The molecule has 1 saturated heterocycles. The first-order valence-corrected chi connectivity index (χ1v) is 4.64. The number of hydrogen-bond acceptors (Lipinski definition) is 2. The molecular weight excluding hydrogens is 247 g/mol. The zero-order valence-corrected chi connectivity index (χ0v) is 8.62. The van der Waals surface area contributed by atoms with Crippen LogP contribution in [0.3, 0.4) is 0 Å². The molecule has 0 saturated carbocycles. The lowest BCUT2D eigenvalue weighted by Gasteiger charge is -2.11. The van der Waals surface area contributed by atoms with Gasteiger partial charge in [0.05, 0.1) is 6.61 Å². The standard InChI is InChI=1S/C10H7F5O2/c1-10(3-17-10)2-16-9-7(14)5(12)4(11)6(13)8(9)15/h2-3H2,1H3. The molecule has 0 aliphatic carbocycles. The third-order valence-electron chi connectivity index (χ3n) is 2.33. The molecule has 0 spiro atoms. The summed E-state index contributed by atoms with van der Waals surface area (Å²) in [6.45, 7) is 1.60. The van der Waals surface area contributed by atoms with Crippen molar-refractivity contribution < 1.29 is 31.4 Å². The molecule has 0 bridgehead atoms. The summed E-state index contributed by atoms with van der Waals surface area (Å²) in [5.41, 5.74) is -0.722. The lowest BCUT2D eigenvalue weighted by molar-refractivity contribution is 0.184. The summed E-state index contributed by atoms with van der Waals surface area (Å²) in [5.74, 6) is -11.5. The van der Waals surface area contributed by atoms with Crippen LogP contribution in [0.4, 0.5) is 22.0 Å². The third-order valence-corrected chi connectivity index (χ3v) is 2.33. The van der Waals surface area contributed by atoms with Crippen LogP contribution in [0.2, 0.25) is 0 Å². The van der Waals surface area contributed by atoms with Gasteiger partial charge in [-0.15, -0.1) is 0 Å². The van der Waals surface area contributed by atoms with Crippen LogP contribution < -0.4 is 4.74 Å². The number of benzene rings is 1. The summed E-state index contributed by atoms with van der Waals surface area (Å²) in [7, 11) is 0. The molecule has 1 unspecified atom stereocenters. The zero-order chi connectivity index (χ0) is 12.8. The topological polar surface area (TPSA) is 21.8 Å². The Balaban J connectivity index is 2.32. The highest BCUT2D eigenvalue weighted by atomic mass is 19.2. The minimum atomic E-state index is -2.21. The Labute approximate surface area is 92.9 Å². The third kappa shape index (κ3) is 2.06. The molecule has 7 heteroatoms. The van der Waals surface area contributed by atoms with E-state index in [-0.39, 0.29) is 6.61 Å². The first kappa shape index (κ1) is 12.1. The van der Waals surface area contributed by atoms with Gasteiger partial charge >= 0.3 is 0 Å². The van der Waals surface area contributed by atoms with Gasteiger partial charge in [0.1, 0.15) is 12.2 Å². The number of epoxide rings is 1. The van der Waals surface area contributed by atoms with E-state index in [0.717, 1.165) is 0 Å². The summed E-state index contributed by atoms with van der Waals surface area (Å²) in [6, 6.07) is 0. The summed E-state index contributed by atoms with van der Waals surface area (Å²) in [6.07, 6.45) is 0. The van der Waals surface area contributed by atoms with Crippen molar-refractivity contribution in [2.24, 2.45) is 0 Å². The number of ether oxygens (including phenoxy) is 2. The molecule has 1 aromatic rings. The van der Waals surface area contributed by atoms with Gasteiger partial charge < -0.3 is 9.47 Å². The maximum Gasteiger partial charge on any atom is 0.206 e. The number of hydrogen-bond donors (Lipinski definition) is 0. The molecule has 94 valence electrons. The Bertz CT molecular complexity index is 441. The van der Waals surface area contributed by atoms with Crippen LogP contribution in [0, 0.1) is 29.1 Å². The second kappa shape index (κ2) is 3.83. The molecule has 1 fully saturated rings. The van der Waals surface area contributed by atoms with E-state index in [0.29, 0.717) is 6.61 Å². The highest BCUT2D eigenvalue weighted by molar-refractivity contribution is 5.29. The molecule has 2 rings (SSSR count). The van der Waals surface area contributed by atoms with Crippen LogP contribution in [0.5, 0.6) is 5.75 Å². The Morgan fingerprint density at radius 1 is 1.00 bits per heavy atom. The van der Waals surface area contributed by atoms with Gasteiger partial charge in [-0.1, -0.05) is 0 Å². The Kier molecular flexibility index (Phi) is 2.73. The molecule has 1 aliphatic heterocycles. The van der Waals surface area contributed by atoms with Crippen LogP contribution in [0.25, 0.3) is 0 Å². The molecule has 17 heavy (non-hydrogen) atoms. The van der Waals surface area contributed by atoms with Crippen LogP contribution in [0.1, 0.15) is 6.92 Å². The fourth-order valence-corrected chi connectivity index (χ4v) is 1.14. The van der Waals surface area contributed by atoms with E-state index < -0.39 is 40.4 Å². The molecule has 1 aromatic carbocycles.